The molecule has 0 heterocycles. The molecular weight excluding hydrogens is 246 g/mol. The number of carbonyl (C=O) groups excluding carboxylic acids is 1. The molecule has 0 aliphatic heterocycles. The smallest absolute Gasteiger partial charge is 0.338 e. The summed E-state index contributed by atoms with van der Waals surface area (Å²) in [7, 11) is 0. The molecule has 0 saturated heterocycles. The van der Waals surface area contributed by atoms with E-state index in [1.54, 1.807) is 24.3 Å². The van der Waals surface area contributed by atoms with E-state index in [0.29, 0.717) is 12.0 Å². The quantitative estimate of drug-likeness (QED) is 0.674. The van der Waals surface area contributed by atoms with Crippen molar-refractivity contribution < 1.29 is 19.7 Å². The van der Waals surface area contributed by atoms with Crippen molar-refractivity contribution >= 4 is 5.97 Å². The number of esters is 1. The first kappa shape index (κ1) is 14.0. The van der Waals surface area contributed by atoms with Crippen LogP contribution in [0.1, 0.15) is 16.8 Å². The Balaban J connectivity index is 2.07. The van der Waals surface area contributed by atoms with Crippen molar-refractivity contribution in [3.63, 3.8) is 0 Å². The fourth-order valence-electron chi connectivity index (χ4n) is 2.58. The highest BCUT2D eigenvalue weighted by atomic mass is 16.5. The molecular formula is C14H19NO4. The first-order valence-electron chi connectivity index (χ1n) is 6.40. The highest BCUT2D eigenvalue weighted by molar-refractivity contribution is 5.89. The summed E-state index contributed by atoms with van der Waals surface area (Å²) in [4.78, 5) is 12.0. The Hall–Kier alpha value is -1.43. The van der Waals surface area contributed by atoms with Crippen molar-refractivity contribution in [2.75, 3.05) is 13.2 Å². The van der Waals surface area contributed by atoms with Crippen LogP contribution < -0.4 is 5.73 Å². The van der Waals surface area contributed by atoms with Gasteiger partial charge in [-0.2, -0.15) is 0 Å². The van der Waals surface area contributed by atoms with E-state index in [2.05, 4.69) is 0 Å². The van der Waals surface area contributed by atoms with E-state index in [-0.39, 0.29) is 25.0 Å². The van der Waals surface area contributed by atoms with E-state index in [1.807, 2.05) is 6.07 Å². The number of ether oxygens (including phenoxy) is 1. The fraction of sp³-hybridized carbons (Fsp3) is 0.500. The third kappa shape index (κ3) is 2.94. The zero-order valence-corrected chi connectivity index (χ0v) is 10.6. The van der Waals surface area contributed by atoms with Gasteiger partial charge in [-0.25, -0.2) is 4.79 Å². The van der Waals surface area contributed by atoms with E-state index < -0.39 is 18.1 Å². The van der Waals surface area contributed by atoms with E-state index in [1.165, 1.54) is 0 Å². The average Bonchev–Trinajstić information content (AvgIpc) is 2.76. The lowest BCUT2D eigenvalue weighted by Crippen LogP contribution is -2.41. The Kier molecular flexibility index (Phi) is 4.52. The summed E-state index contributed by atoms with van der Waals surface area (Å²) in [5.74, 6) is -0.788. The van der Waals surface area contributed by atoms with Gasteiger partial charge in [0, 0.05) is 31.1 Å². The van der Waals surface area contributed by atoms with Crippen LogP contribution in [-0.4, -0.2) is 41.5 Å². The topological polar surface area (TPSA) is 92.8 Å². The molecule has 1 saturated carbocycles. The van der Waals surface area contributed by atoms with E-state index in [9.17, 15) is 15.0 Å². The van der Waals surface area contributed by atoms with Crippen LogP contribution in [0.3, 0.4) is 0 Å². The van der Waals surface area contributed by atoms with Gasteiger partial charge in [-0.3, -0.25) is 0 Å². The second-order valence-electron chi connectivity index (χ2n) is 4.93. The molecule has 4 atom stereocenters. The summed E-state index contributed by atoms with van der Waals surface area (Å²) < 4.78 is 5.41. The Morgan fingerprint density at radius 1 is 1.21 bits per heavy atom. The van der Waals surface area contributed by atoms with Crippen molar-refractivity contribution in [2.45, 2.75) is 18.6 Å². The van der Waals surface area contributed by atoms with Gasteiger partial charge in [-0.15, -0.1) is 0 Å². The molecule has 4 N–H and O–H groups in total. The molecule has 0 radical (unpaired) electrons. The van der Waals surface area contributed by atoms with Gasteiger partial charge in [0.05, 0.1) is 5.56 Å². The molecule has 0 bridgehead atoms. The lowest BCUT2D eigenvalue weighted by atomic mass is 10.1. The molecule has 0 spiro atoms. The van der Waals surface area contributed by atoms with Gasteiger partial charge in [-0.1, -0.05) is 18.2 Å². The summed E-state index contributed by atoms with van der Waals surface area (Å²) >= 11 is 0. The van der Waals surface area contributed by atoms with Gasteiger partial charge in [0.25, 0.3) is 0 Å². The first-order chi connectivity index (χ1) is 9.17. The Morgan fingerprint density at radius 2 is 1.84 bits per heavy atom. The lowest BCUT2D eigenvalue weighted by Gasteiger charge is -2.22. The maximum absolute atomic E-state index is 12.0. The van der Waals surface area contributed by atoms with Gasteiger partial charge in [0.1, 0.15) is 6.10 Å². The van der Waals surface area contributed by atoms with Gasteiger partial charge >= 0.3 is 5.97 Å². The van der Waals surface area contributed by atoms with Crippen molar-refractivity contribution in [1.29, 1.82) is 0 Å². The predicted octanol–water partition coefficient (Wildman–Crippen LogP) is 0.160. The molecule has 0 unspecified atom stereocenters. The number of aliphatic hydroxyl groups is 2. The molecule has 0 amide bonds. The number of carbonyl (C=O) groups is 1. The fourth-order valence-corrected chi connectivity index (χ4v) is 2.58. The van der Waals surface area contributed by atoms with Crippen LogP contribution in [0.4, 0.5) is 0 Å². The molecule has 1 fully saturated rings. The predicted molar refractivity (Wildman–Crippen MR) is 69.4 cm³/mol. The average molecular weight is 265 g/mol. The van der Waals surface area contributed by atoms with Crippen LogP contribution >= 0.6 is 0 Å². The summed E-state index contributed by atoms with van der Waals surface area (Å²) in [5.41, 5.74) is 6.44. The summed E-state index contributed by atoms with van der Waals surface area (Å²) in [6.45, 7) is -0.159. The number of hydrogen-bond acceptors (Lipinski definition) is 5. The summed E-state index contributed by atoms with van der Waals surface area (Å²) in [5, 5.41) is 18.5. The molecule has 0 aromatic heterocycles. The maximum atomic E-state index is 12.0. The number of aliphatic hydroxyl groups excluding tert-OH is 2. The highest BCUT2D eigenvalue weighted by Crippen LogP contribution is 2.32. The normalized spacial score (nSPS) is 30.3. The third-order valence-electron chi connectivity index (χ3n) is 3.72. The van der Waals surface area contributed by atoms with Gasteiger partial charge in [0.15, 0.2) is 0 Å². The minimum atomic E-state index is -0.546. The Labute approximate surface area is 112 Å². The lowest BCUT2D eigenvalue weighted by molar-refractivity contribution is 0.00737. The third-order valence-corrected chi connectivity index (χ3v) is 3.72. The molecule has 2 rings (SSSR count). The van der Waals surface area contributed by atoms with Gasteiger partial charge in [0.2, 0.25) is 0 Å². The minimum absolute atomic E-state index is 0.0585. The zero-order valence-electron chi connectivity index (χ0n) is 10.6. The SMILES string of the molecule is N[C@@H]1[C@H](CO)C[C@H](CO)[C@H]1OC(=O)c1ccccc1. The number of rotatable bonds is 4. The zero-order chi connectivity index (χ0) is 13.8. The van der Waals surface area contributed by atoms with Crippen molar-refractivity contribution in [1.82, 2.24) is 0 Å². The largest absolute Gasteiger partial charge is 0.457 e. The minimum Gasteiger partial charge on any atom is -0.457 e. The van der Waals surface area contributed by atoms with Crippen LogP contribution in [0.25, 0.3) is 0 Å². The molecule has 1 aromatic carbocycles. The van der Waals surface area contributed by atoms with E-state index >= 15 is 0 Å². The monoisotopic (exact) mass is 265 g/mol. The maximum Gasteiger partial charge on any atom is 0.338 e. The van der Waals surface area contributed by atoms with Crippen LogP contribution in [0.5, 0.6) is 0 Å². The van der Waals surface area contributed by atoms with Crippen molar-refractivity contribution in [3.05, 3.63) is 35.9 Å². The molecule has 104 valence electrons. The molecule has 1 aliphatic carbocycles. The first-order valence-corrected chi connectivity index (χ1v) is 6.40. The highest BCUT2D eigenvalue weighted by Gasteiger charge is 2.43. The Bertz CT molecular complexity index is 421. The molecule has 5 heteroatoms. The van der Waals surface area contributed by atoms with Crippen LogP contribution in [0.15, 0.2) is 30.3 Å². The number of hydrogen-bond donors (Lipinski definition) is 3. The van der Waals surface area contributed by atoms with E-state index in [4.69, 9.17) is 10.5 Å². The number of nitrogens with two attached hydrogens (primary N) is 1. The number of benzene rings is 1. The second kappa shape index (κ2) is 6.14. The molecule has 1 aliphatic rings. The molecule has 1 aromatic rings. The Morgan fingerprint density at radius 3 is 2.42 bits per heavy atom. The second-order valence-corrected chi connectivity index (χ2v) is 4.93. The van der Waals surface area contributed by atoms with Crippen LogP contribution in [0.2, 0.25) is 0 Å². The van der Waals surface area contributed by atoms with Crippen LogP contribution in [-0.2, 0) is 4.74 Å². The van der Waals surface area contributed by atoms with Gasteiger partial charge in [-0.05, 0) is 18.6 Å². The van der Waals surface area contributed by atoms with Crippen LogP contribution in [0, 0.1) is 11.8 Å². The standard InChI is InChI=1S/C14H19NO4/c15-12-10(7-16)6-11(8-17)13(12)19-14(18)9-4-2-1-3-5-9/h1-5,10-13,16-17H,6-8,15H2/t10-,11+,12+,13+/m0/s1. The van der Waals surface area contributed by atoms with Gasteiger partial charge < -0.3 is 20.7 Å². The molecule has 5 nitrogen and oxygen atoms in total. The molecule has 19 heavy (non-hydrogen) atoms. The van der Waals surface area contributed by atoms with Crippen molar-refractivity contribution in [2.24, 2.45) is 17.6 Å². The summed E-state index contributed by atoms with van der Waals surface area (Å²) in [6.07, 6.45) is 0.0239. The van der Waals surface area contributed by atoms with E-state index in [0.717, 1.165) is 0 Å². The van der Waals surface area contributed by atoms with Crippen molar-refractivity contribution in [3.8, 4) is 0 Å². The summed E-state index contributed by atoms with van der Waals surface area (Å²) in [6, 6.07) is 8.22.